The summed E-state index contributed by atoms with van der Waals surface area (Å²) in [4.78, 5) is 18.1. The number of rotatable bonds is 2. The average Bonchev–Trinajstić information content (AvgIpc) is 3.26. The van der Waals surface area contributed by atoms with E-state index in [1.165, 1.54) is 25.9 Å². The third-order valence-electron chi connectivity index (χ3n) is 6.63. The van der Waals surface area contributed by atoms with E-state index in [-0.39, 0.29) is 30.5 Å². The maximum Gasteiger partial charge on any atom is 0.326 e. The highest BCUT2D eigenvalue weighted by atomic mass is 35.5. The lowest BCUT2D eigenvalue weighted by atomic mass is 10.0. The van der Waals surface area contributed by atoms with Crippen LogP contribution in [0.4, 0.5) is 0 Å². The van der Waals surface area contributed by atoms with Gasteiger partial charge >= 0.3 is 5.69 Å². The van der Waals surface area contributed by atoms with Gasteiger partial charge in [0.05, 0.1) is 11.0 Å². The van der Waals surface area contributed by atoms with Crippen molar-refractivity contribution in [3.63, 3.8) is 0 Å². The van der Waals surface area contributed by atoms with Crippen molar-refractivity contribution in [2.45, 2.75) is 37.8 Å². The van der Waals surface area contributed by atoms with Gasteiger partial charge in [0.15, 0.2) is 0 Å². The molecule has 0 amide bonds. The van der Waals surface area contributed by atoms with Gasteiger partial charge in [0.1, 0.15) is 0 Å². The maximum absolute atomic E-state index is 12.4. The first-order valence-electron chi connectivity index (χ1n) is 9.43. The Kier molecular flexibility index (Phi) is 6.02. The minimum atomic E-state index is 0. The number of nitrogens with one attached hydrogen (secondary N) is 2. The van der Waals surface area contributed by atoms with Crippen LogP contribution in [0.25, 0.3) is 11.0 Å². The van der Waals surface area contributed by atoms with Crippen LogP contribution >= 0.6 is 24.8 Å². The predicted octanol–water partition coefficient (Wildman–Crippen LogP) is 2.81. The molecule has 2 aromatic rings. The predicted molar refractivity (Wildman–Crippen MR) is 110 cm³/mol. The molecule has 0 bridgehead atoms. The largest absolute Gasteiger partial charge is 0.326 e. The Balaban J connectivity index is 0.000000980. The second-order valence-electron chi connectivity index (χ2n) is 7.89. The zero-order valence-electron chi connectivity index (χ0n) is 14.9. The van der Waals surface area contributed by atoms with Crippen molar-refractivity contribution < 1.29 is 0 Å². The normalized spacial score (nSPS) is 29.3. The Morgan fingerprint density at radius 3 is 2.27 bits per heavy atom. The Hall–Kier alpha value is -1.01. The van der Waals surface area contributed by atoms with Gasteiger partial charge in [0, 0.05) is 25.2 Å². The van der Waals surface area contributed by atoms with E-state index in [2.05, 4.69) is 21.3 Å². The maximum atomic E-state index is 12.4. The third-order valence-corrected chi connectivity index (χ3v) is 6.63. The number of para-hydroxylation sites is 2. The number of piperidine rings is 1. The number of fused-ring (bicyclic) bond motifs is 2. The minimum absolute atomic E-state index is 0. The number of H-pyrrole nitrogens is 1. The average molecular weight is 399 g/mol. The van der Waals surface area contributed by atoms with Crippen LogP contribution in [0.1, 0.15) is 31.7 Å². The highest BCUT2D eigenvalue weighted by Gasteiger charge is 2.40. The lowest BCUT2D eigenvalue weighted by molar-refractivity contribution is 0.132. The molecule has 0 spiro atoms. The van der Waals surface area contributed by atoms with Crippen LogP contribution in [0.3, 0.4) is 0 Å². The molecule has 0 unspecified atom stereocenters. The molecule has 2 saturated heterocycles. The monoisotopic (exact) mass is 398 g/mol. The fraction of sp³-hybridized carbons (Fsp3) is 0.632. The molecule has 2 aliphatic heterocycles. The molecule has 0 radical (unpaired) electrons. The van der Waals surface area contributed by atoms with Gasteiger partial charge in [-0.2, -0.15) is 0 Å². The number of hydrogen-bond donors (Lipinski definition) is 2. The topological polar surface area (TPSA) is 53.1 Å². The summed E-state index contributed by atoms with van der Waals surface area (Å²) in [5, 5.41) is 3.54. The van der Waals surface area contributed by atoms with Gasteiger partial charge < -0.3 is 15.2 Å². The van der Waals surface area contributed by atoms with Crippen LogP contribution in [0.15, 0.2) is 29.1 Å². The standard InChI is InChI=1S/C19H26N4O.2ClH/c24-19-21-17-3-1-2-4-18(17)23(19)15-5-7-22(8-6-15)16-9-13-11-20-12-14(13)10-16;;/h1-4,13-16,20H,5-12H2,(H,21,24);2*1H/t13-,14+,16+;;. The first-order chi connectivity index (χ1) is 11.8. The number of nitrogens with zero attached hydrogens (tertiary/aromatic N) is 2. The molecule has 1 aromatic heterocycles. The Labute approximate surface area is 166 Å². The van der Waals surface area contributed by atoms with E-state index in [1.54, 1.807) is 0 Å². The zero-order chi connectivity index (χ0) is 16.1. The van der Waals surface area contributed by atoms with E-state index < -0.39 is 0 Å². The van der Waals surface area contributed by atoms with Crippen LogP contribution < -0.4 is 11.0 Å². The van der Waals surface area contributed by atoms with E-state index in [9.17, 15) is 4.79 Å². The summed E-state index contributed by atoms with van der Waals surface area (Å²) in [6.07, 6.45) is 4.92. The third kappa shape index (κ3) is 3.31. The summed E-state index contributed by atoms with van der Waals surface area (Å²) in [6.45, 7) is 4.72. The van der Waals surface area contributed by atoms with E-state index in [4.69, 9.17) is 0 Å². The molecule has 3 atom stereocenters. The fourth-order valence-corrected chi connectivity index (χ4v) is 5.38. The van der Waals surface area contributed by atoms with E-state index in [0.29, 0.717) is 6.04 Å². The van der Waals surface area contributed by atoms with E-state index in [0.717, 1.165) is 54.8 Å². The van der Waals surface area contributed by atoms with Crippen LogP contribution in [0.2, 0.25) is 0 Å². The smallest absolute Gasteiger partial charge is 0.316 e. The number of imidazole rings is 1. The summed E-state index contributed by atoms with van der Waals surface area (Å²) < 4.78 is 2.00. The van der Waals surface area contributed by atoms with Gasteiger partial charge in [-0.25, -0.2) is 4.79 Å². The summed E-state index contributed by atoms with van der Waals surface area (Å²) in [6, 6.07) is 9.18. The number of likely N-dealkylation sites (tertiary alicyclic amines) is 1. The number of hydrogen-bond acceptors (Lipinski definition) is 3. The highest BCUT2D eigenvalue weighted by Crippen LogP contribution is 2.38. The van der Waals surface area contributed by atoms with Gasteiger partial charge in [-0.3, -0.25) is 4.57 Å². The van der Waals surface area contributed by atoms with Crippen LogP contribution in [0, 0.1) is 11.8 Å². The van der Waals surface area contributed by atoms with Gasteiger partial charge in [-0.15, -0.1) is 24.8 Å². The summed E-state index contributed by atoms with van der Waals surface area (Å²) in [7, 11) is 0. The molecule has 144 valence electrons. The second kappa shape index (κ2) is 7.93. The van der Waals surface area contributed by atoms with E-state index in [1.807, 2.05) is 22.8 Å². The fourth-order valence-electron chi connectivity index (χ4n) is 5.38. The van der Waals surface area contributed by atoms with Gasteiger partial charge in [-0.05, 0) is 62.7 Å². The molecule has 3 heterocycles. The van der Waals surface area contributed by atoms with Crippen molar-refractivity contribution in [3.8, 4) is 0 Å². The first kappa shape index (κ1) is 19.7. The lowest BCUT2D eigenvalue weighted by Crippen LogP contribution is -2.42. The van der Waals surface area contributed by atoms with Crippen molar-refractivity contribution in [2.24, 2.45) is 11.8 Å². The molecule has 2 N–H and O–H groups in total. The first-order valence-corrected chi connectivity index (χ1v) is 9.43. The molecule has 3 fully saturated rings. The molecule has 5 rings (SSSR count). The molecule has 1 aliphatic carbocycles. The molecule has 5 nitrogen and oxygen atoms in total. The minimum Gasteiger partial charge on any atom is -0.316 e. The number of aromatic nitrogens is 2. The van der Waals surface area contributed by atoms with Gasteiger partial charge in [0.25, 0.3) is 0 Å². The number of benzene rings is 1. The van der Waals surface area contributed by atoms with Crippen LogP contribution in [-0.4, -0.2) is 46.7 Å². The van der Waals surface area contributed by atoms with Crippen molar-refractivity contribution in [1.82, 2.24) is 19.8 Å². The molecule has 1 aromatic carbocycles. The SMILES string of the molecule is Cl.Cl.O=c1[nH]c2ccccc2n1C1CCN([C@@H]2C[C@H]3CNC[C@H]3C2)CC1. The Morgan fingerprint density at radius 1 is 0.923 bits per heavy atom. The number of aromatic amines is 1. The van der Waals surface area contributed by atoms with Gasteiger partial charge in [0.2, 0.25) is 0 Å². The second-order valence-corrected chi connectivity index (χ2v) is 7.89. The molecular weight excluding hydrogens is 371 g/mol. The summed E-state index contributed by atoms with van der Waals surface area (Å²) >= 11 is 0. The van der Waals surface area contributed by atoms with Crippen molar-refractivity contribution >= 4 is 35.8 Å². The molecule has 1 saturated carbocycles. The number of halogens is 2. The zero-order valence-corrected chi connectivity index (χ0v) is 16.5. The summed E-state index contributed by atoms with van der Waals surface area (Å²) in [5.74, 6) is 1.81. The van der Waals surface area contributed by atoms with Crippen molar-refractivity contribution in [1.29, 1.82) is 0 Å². The Morgan fingerprint density at radius 2 is 1.58 bits per heavy atom. The Bertz CT molecular complexity index is 784. The van der Waals surface area contributed by atoms with Crippen LogP contribution in [-0.2, 0) is 0 Å². The molecule has 3 aliphatic rings. The molecule has 26 heavy (non-hydrogen) atoms. The van der Waals surface area contributed by atoms with Crippen LogP contribution in [0.5, 0.6) is 0 Å². The van der Waals surface area contributed by atoms with Gasteiger partial charge in [-0.1, -0.05) is 12.1 Å². The van der Waals surface area contributed by atoms with Crippen molar-refractivity contribution in [3.05, 3.63) is 34.7 Å². The van der Waals surface area contributed by atoms with E-state index >= 15 is 0 Å². The molecular formula is C19H28Cl2N4O. The van der Waals surface area contributed by atoms with Crippen molar-refractivity contribution in [2.75, 3.05) is 26.2 Å². The summed E-state index contributed by atoms with van der Waals surface area (Å²) in [5.41, 5.74) is 2.07. The quantitative estimate of drug-likeness (QED) is 0.817. The lowest BCUT2D eigenvalue weighted by Gasteiger charge is -2.36. The molecule has 7 heteroatoms. The highest BCUT2D eigenvalue weighted by molar-refractivity contribution is 5.85.